The molecule has 0 radical (unpaired) electrons. The Kier molecular flexibility index (Phi) is 6.93. The van der Waals surface area contributed by atoms with Crippen LogP contribution in [0.2, 0.25) is 5.02 Å². The van der Waals surface area contributed by atoms with Gasteiger partial charge < -0.3 is 18.9 Å². The van der Waals surface area contributed by atoms with Gasteiger partial charge in [0.25, 0.3) is 6.43 Å². The molecule has 0 fully saturated rings. The minimum Gasteiger partial charge on any atom is -0.496 e. The van der Waals surface area contributed by atoms with E-state index in [1.165, 1.54) is 39.5 Å². The molecule has 2 heterocycles. The zero-order valence-electron chi connectivity index (χ0n) is 18.9. The van der Waals surface area contributed by atoms with Gasteiger partial charge in [0.1, 0.15) is 17.9 Å². The number of rotatable bonds is 8. The Morgan fingerprint density at radius 3 is 2.39 bits per heavy atom. The second kappa shape index (κ2) is 9.93. The topological polar surface area (TPSA) is 100 Å². The Morgan fingerprint density at radius 1 is 1.03 bits per heavy atom. The summed E-state index contributed by atoms with van der Waals surface area (Å²) < 4.78 is 76.8. The first-order valence-corrected chi connectivity index (χ1v) is 10.4. The lowest BCUT2D eigenvalue weighted by molar-refractivity contribution is 0.139. The number of H-pyrrole nitrogens is 1. The predicted molar refractivity (Wildman–Crippen MR) is 120 cm³/mol. The molecule has 4 aromatic rings. The molecule has 0 amide bonds. The van der Waals surface area contributed by atoms with Crippen molar-refractivity contribution in [2.75, 3.05) is 21.3 Å². The molecular weight excluding hydrogens is 512 g/mol. The minimum atomic E-state index is -3.05. The van der Waals surface area contributed by atoms with Crippen LogP contribution in [-0.2, 0) is 6.61 Å². The second-order valence-electron chi connectivity index (χ2n) is 7.14. The van der Waals surface area contributed by atoms with E-state index in [1.54, 1.807) is 0 Å². The summed E-state index contributed by atoms with van der Waals surface area (Å²) in [6.07, 6.45) is -3.05. The Balaban J connectivity index is 1.85. The van der Waals surface area contributed by atoms with E-state index in [-0.39, 0.29) is 50.6 Å². The predicted octanol–water partition coefficient (Wildman–Crippen LogP) is 4.58. The number of benzene rings is 2. The van der Waals surface area contributed by atoms with Crippen LogP contribution >= 0.6 is 11.6 Å². The number of ether oxygens (including phenoxy) is 4. The molecule has 0 aliphatic carbocycles. The van der Waals surface area contributed by atoms with Crippen molar-refractivity contribution in [1.29, 1.82) is 0 Å². The summed E-state index contributed by atoms with van der Waals surface area (Å²) in [5.41, 5.74) is -1.32. The molecule has 9 nitrogen and oxygen atoms in total. The zero-order chi connectivity index (χ0) is 26.1. The number of aromatic nitrogens is 4. The highest BCUT2D eigenvalue weighted by Gasteiger charge is 2.24. The molecule has 0 saturated carbocycles. The first kappa shape index (κ1) is 25.1. The van der Waals surface area contributed by atoms with Crippen molar-refractivity contribution < 1.29 is 36.5 Å². The summed E-state index contributed by atoms with van der Waals surface area (Å²) in [5, 5.41) is -0.0344. The van der Waals surface area contributed by atoms with Gasteiger partial charge in [0, 0.05) is 12.1 Å². The Morgan fingerprint density at radius 2 is 1.75 bits per heavy atom. The molecular formula is C22H17ClF4N4O5. The lowest BCUT2D eigenvalue weighted by Gasteiger charge is -2.16. The molecule has 0 bridgehead atoms. The monoisotopic (exact) mass is 528 g/mol. The fourth-order valence-corrected chi connectivity index (χ4v) is 3.70. The molecule has 0 spiro atoms. The SMILES string of the molecule is COc1cc(Cl)c(-n2c(=O)[nH]c3c(OC)nc(C(F)F)nc32)cc1OCc1c(OC)ccc(F)c1F. The number of hydrogen-bond acceptors (Lipinski definition) is 7. The van der Waals surface area contributed by atoms with Crippen LogP contribution in [0.1, 0.15) is 17.8 Å². The van der Waals surface area contributed by atoms with Crippen LogP contribution in [0.4, 0.5) is 17.6 Å². The van der Waals surface area contributed by atoms with Gasteiger partial charge in [-0.3, -0.25) is 4.98 Å². The van der Waals surface area contributed by atoms with E-state index in [9.17, 15) is 22.4 Å². The maximum atomic E-state index is 14.4. The summed E-state index contributed by atoms with van der Waals surface area (Å²) in [7, 11) is 3.79. The number of aromatic amines is 1. The molecule has 0 unspecified atom stereocenters. The van der Waals surface area contributed by atoms with Crippen molar-refractivity contribution in [2.24, 2.45) is 0 Å². The normalized spacial score (nSPS) is 11.2. The molecule has 190 valence electrons. The summed E-state index contributed by atoms with van der Waals surface area (Å²) in [5.74, 6) is -3.32. The van der Waals surface area contributed by atoms with Crippen molar-refractivity contribution >= 4 is 22.8 Å². The fraction of sp³-hybridized carbons (Fsp3) is 0.227. The maximum Gasteiger partial charge on any atom is 0.332 e. The molecule has 4 rings (SSSR count). The van der Waals surface area contributed by atoms with Crippen molar-refractivity contribution in [3.05, 3.63) is 62.8 Å². The number of nitrogens with one attached hydrogen (secondary N) is 1. The first-order valence-electron chi connectivity index (χ1n) is 10.1. The van der Waals surface area contributed by atoms with E-state index in [0.29, 0.717) is 0 Å². The molecule has 0 saturated heterocycles. The standard InChI is InChI=1S/C22H17ClF4N4O5/c1-33-13-5-4-11(24)16(25)9(13)8-36-15-7-12(10(23)6-14(15)34-2)31-20-17(28-22(31)32)21(35-3)30-19(29-20)18(26)27/h4-7,18H,8H2,1-3H3,(H,28,32). The highest BCUT2D eigenvalue weighted by molar-refractivity contribution is 6.32. The van der Waals surface area contributed by atoms with Gasteiger partial charge in [0.15, 0.2) is 28.8 Å². The van der Waals surface area contributed by atoms with Crippen LogP contribution in [0.3, 0.4) is 0 Å². The molecule has 36 heavy (non-hydrogen) atoms. The van der Waals surface area contributed by atoms with Crippen LogP contribution in [-0.4, -0.2) is 40.8 Å². The molecule has 2 aromatic heterocycles. The highest BCUT2D eigenvalue weighted by Crippen LogP contribution is 2.37. The van der Waals surface area contributed by atoms with E-state index in [4.69, 9.17) is 30.5 Å². The highest BCUT2D eigenvalue weighted by atomic mass is 35.5. The number of imidazole rings is 1. The van der Waals surface area contributed by atoms with Gasteiger partial charge in [-0.25, -0.2) is 31.9 Å². The van der Waals surface area contributed by atoms with Crippen LogP contribution in [0.5, 0.6) is 23.1 Å². The lowest BCUT2D eigenvalue weighted by Crippen LogP contribution is -2.16. The molecule has 0 aliphatic rings. The van der Waals surface area contributed by atoms with Gasteiger partial charge in [-0.2, -0.15) is 4.98 Å². The Labute approximate surface area is 205 Å². The number of halogens is 5. The second-order valence-corrected chi connectivity index (χ2v) is 7.55. The van der Waals surface area contributed by atoms with E-state index in [1.807, 2.05) is 0 Å². The molecule has 1 N–H and O–H groups in total. The zero-order valence-corrected chi connectivity index (χ0v) is 19.6. The summed E-state index contributed by atoms with van der Waals surface area (Å²) in [6, 6.07) is 4.70. The first-order chi connectivity index (χ1) is 17.2. The fourth-order valence-electron chi connectivity index (χ4n) is 3.46. The van der Waals surface area contributed by atoms with E-state index >= 15 is 0 Å². The van der Waals surface area contributed by atoms with Crippen LogP contribution in [0.15, 0.2) is 29.1 Å². The van der Waals surface area contributed by atoms with Crippen molar-refractivity contribution in [3.63, 3.8) is 0 Å². The molecule has 14 heteroatoms. The van der Waals surface area contributed by atoms with E-state index in [2.05, 4.69) is 15.0 Å². The van der Waals surface area contributed by atoms with Crippen molar-refractivity contribution in [1.82, 2.24) is 19.5 Å². The quantitative estimate of drug-likeness (QED) is 0.334. The van der Waals surface area contributed by atoms with Crippen LogP contribution in [0, 0.1) is 11.6 Å². The van der Waals surface area contributed by atoms with Gasteiger partial charge in [-0.1, -0.05) is 11.6 Å². The van der Waals surface area contributed by atoms with E-state index < -0.39 is 36.2 Å². The third-order valence-corrected chi connectivity index (χ3v) is 5.43. The van der Waals surface area contributed by atoms with Gasteiger partial charge in [-0.05, 0) is 12.1 Å². The van der Waals surface area contributed by atoms with Crippen LogP contribution < -0.4 is 24.6 Å². The third-order valence-electron chi connectivity index (χ3n) is 5.13. The molecule has 2 aromatic carbocycles. The number of methoxy groups -OCH3 is 3. The average Bonchev–Trinajstić information content (AvgIpc) is 3.20. The van der Waals surface area contributed by atoms with Crippen LogP contribution in [0.25, 0.3) is 16.9 Å². The van der Waals surface area contributed by atoms with E-state index in [0.717, 1.165) is 10.6 Å². The summed E-state index contributed by atoms with van der Waals surface area (Å²) in [6.45, 7) is -0.488. The average molecular weight is 529 g/mol. The Hall–Kier alpha value is -4.00. The molecule has 0 atom stereocenters. The van der Waals surface area contributed by atoms with Gasteiger partial charge in [0.2, 0.25) is 11.7 Å². The summed E-state index contributed by atoms with van der Waals surface area (Å²) >= 11 is 6.37. The minimum absolute atomic E-state index is 0.0287. The smallest absolute Gasteiger partial charge is 0.332 e. The van der Waals surface area contributed by atoms with Gasteiger partial charge in [-0.15, -0.1) is 0 Å². The third kappa shape index (κ3) is 4.37. The maximum absolute atomic E-state index is 14.4. The van der Waals surface area contributed by atoms with Gasteiger partial charge >= 0.3 is 5.69 Å². The Bertz CT molecular complexity index is 1510. The largest absolute Gasteiger partial charge is 0.496 e. The number of alkyl halides is 2. The summed E-state index contributed by atoms with van der Waals surface area (Å²) in [4.78, 5) is 22.6. The number of hydrogen-bond donors (Lipinski definition) is 1. The number of fused-ring (bicyclic) bond motifs is 1. The van der Waals surface area contributed by atoms with Crippen molar-refractivity contribution in [2.45, 2.75) is 13.0 Å². The van der Waals surface area contributed by atoms with Crippen molar-refractivity contribution in [3.8, 4) is 28.8 Å². The van der Waals surface area contributed by atoms with Gasteiger partial charge in [0.05, 0.1) is 37.6 Å². The lowest BCUT2D eigenvalue weighted by atomic mass is 10.2. The molecule has 0 aliphatic heterocycles. The number of nitrogens with zero attached hydrogens (tertiary/aromatic N) is 3.